The molecule has 156 valence electrons. The van der Waals surface area contributed by atoms with E-state index in [1.54, 1.807) is 24.3 Å². The average Bonchev–Trinajstić information content (AvgIpc) is 2.76. The van der Waals surface area contributed by atoms with Crippen molar-refractivity contribution in [3.63, 3.8) is 0 Å². The molecule has 0 saturated carbocycles. The highest BCUT2D eigenvalue weighted by molar-refractivity contribution is 5.92. The van der Waals surface area contributed by atoms with Gasteiger partial charge in [-0.25, -0.2) is 10.2 Å². The lowest BCUT2D eigenvalue weighted by atomic mass is 10.1. The maximum Gasteiger partial charge on any atom is 0.343 e. The van der Waals surface area contributed by atoms with Gasteiger partial charge in [0.05, 0.1) is 23.1 Å². The van der Waals surface area contributed by atoms with E-state index in [-0.39, 0.29) is 29.3 Å². The van der Waals surface area contributed by atoms with Crippen molar-refractivity contribution in [2.24, 2.45) is 5.10 Å². The lowest BCUT2D eigenvalue weighted by molar-refractivity contribution is -0.384. The van der Waals surface area contributed by atoms with Gasteiger partial charge in [0.25, 0.3) is 5.69 Å². The molecular formula is C23H19N3O5. The Morgan fingerprint density at radius 3 is 2.45 bits per heavy atom. The lowest BCUT2D eigenvalue weighted by Crippen LogP contribution is -2.19. The number of nitrogens with one attached hydrogen (secondary N) is 1. The summed E-state index contributed by atoms with van der Waals surface area (Å²) in [6, 6.07) is 19.4. The summed E-state index contributed by atoms with van der Waals surface area (Å²) in [5.74, 6) is -0.659. The van der Waals surface area contributed by atoms with Crippen molar-refractivity contribution < 1.29 is 19.2 Å². The van der Waals surface area contributed by atoms with Gasteiger partial charge >= 0.3 is 5.97 Å². The lowest BCUT2D eigenvalue weighted by Gasteiger charge is -2.05. The van der Waals surface area contributed by atoms with Crippen LogP contribution in [-0.4, -0.2) is 23.0 Å². The van der Waals surface area contributed by atoms with Crippen LogP contribution in [0.4, 0.5) is 5.69 Å². The molecule has 0 unspecified atom stereocenters. The predicted octanol–water partition coefficient (Wildman–Crippen LogP) is 3.82. The van der Waals surface area contributed by atoms with Crippen LogP contribution in [0.15, 0.2) is 77.9 Å². The van der Waals surface area contributed by atoms with Gasteiger partial charge in [0.1, 0.15) is 5.75 Å². The van der Waals surface area contributed by atoms with Gasteiger partial charge in [-0.1, -0.05) is 35.9 Å². The number of rotatable bonds is 7. The number of carbonyl (C=O) groups excluding carboxylic acids is 2. The van der Waals surface area contributed by atoms with E-state index in [9.17, 15) is 19.7 Å². The zero-order valence-corrected chi connectivity index (χ0v) is 16.6. The fourth-order valence-corrected chi connectivity index (χ4v) is 2.64. The summed E-state index contributed by atoms with van der Waals surface area (Å²) in [6.07, 6.45) is 1.70. The molecule has 8 heteroatoms. The van der Waals surface area contributed by atoms with Crippen LogP contribution in [0.1, 0.15) is 27.0 Å². The zero-order chi connectivity index (χ0) is 22.2. The van der Waals surface area contributed by atoms with Crippen LogP contribution in [0.5, 0.6) is 5.75 Å². The molecule has 0 aliphatic heterocycles. The summed E-state index contributed by atoms with van der Waals surface area (Å²) < 4.78 is 5.23. The first-order chi connectivity index (χ1) is 14.9. The van der Waals surface area contributed by atoms with E-state index in [1.165, 1.54) is 24.4 Å². The normalized spacial score (nSPS) is 10.6. The maximum absolute atomic E-state index is 12.2. The second kappa shape index (κ2) is 9.93. The van der Waals surface area contributed by atoms with Gasteiger partial charge < -0.3 is 4.74 Å². The van der Waals surface area contributed by atoms with Crippen LogP contribution in [-0.2, 0) is 11.2 Å². The van der Waals surface area contributed by atoms with Gasteiger partial charge in [0, 0.05) is 12.1 Å². The van der Waals surface area contributed by atoms with E-state index in [0.29, 0.717) is 5.56 Å². The fourth-order valence-electron chi connectivity index (χ4n) is 2.64. The molecule has 3 rings (SSSR count). The summed E-state index contributed by atoms with van der Waals surface area (Å²) in [4.78, 5) is 34.3. The average molecular weight is 417 g/mol. The third-order valence-electron chi connectivity index (χ3n) is 4.27. The predicted molar refractivity (Wildman–Crippen MR) is 115 cm³/mol. The smallest absolute Gasteiger partial charge is 0.343 e. The van der Waals surface area contributed by atoms with Crippen molar-refractivity contribution >= 4 is 23.8 Å². The first-order valence-electron chi connectivity index (χ1n) is 9.35. The van der Waals surface area contributed by atoms with Gasteiger partial charge in [-0.2, -0.15) is 5.10 Å². The first-order valence-corrected chi connectivity index (χ1v) is 9.35. The fraction of sp³-hybridized carbons (Fsp3) is 0.0870. The molecule has 3 aromatic carbocycles. The number of benzene rings is 3. The number of esters is 1. The highest BCUT2D eigenvalue weighted by Crippen LogP contribution is 2.17. The second-order valence-corrected chi connectivity index (χ2v) is 6.72. The number of non-ortho nitro benzene ring substituents is 1. The number of nitro groups is 1. The van der Waals surface area contributed by atoms with Crippen LogP contribution in [0.25, 0.3) is 0 Å². The van der Waals surface area contributed by atoms with Gasteiger partial charge in [-0.05, 0) is 48.4 Å². The number of hydrogen-bond donors (Lipinski definition) is 1. The highest BCUT2D eigenvalue weighted by Gasteiger charge is 2.13. The van der Waals surface area contributed by atoms with Crippen molar-refractivity contribution in [1.82, 2.24) is 5.43 Å². The number of amides is 1. The van der Waals surface area contributed by atoms with Gasteiger partial charge in [-0.15, -0.1) is 0 Å². The molecule has 3 aromatic rings. The Morgan fingerprint density at radius 1 is 1.06 bits per heavy atom. The molecule has 0 atom stereocenters. The minimum Gasteiger partial charge on any atom is -0.423 e. The highest BCUT2D eigenvalue weighted by atomic mass is 16.6. The monoisotopic (exact) mass is 417 g/mol. The first kappa shape index (κ1) is 21.4. The molecule has 0 radical (unpaired) electrons. The van der Waals surface area contributed by atoms with E-state index < -0.39 is 10.9 Å². The molecule has 1 N–H and O–H groups in total. The summed E-state index contributed by atoms with van der Waals surface area (Å²) in [5, 5.41) is 14.7. The molecule has 0 aliphatic rings. The number of hydrazone groups is 1. The summed E-state index contributed by atoms with van der Waals surface area (Å²) in [5.41, 5.74) is 5.07. The summed E-state index contributed by atoms with van der Waals surface area (Å²) >= 11 is 0. The molecule has 0 spiro atoms. The summed E-state index contributed by atoms with van der Waals surface area (Å²) in [6.45, 7) is 1.98. The van der Waals surface area contributed by atoms with E-state index in [0.717, 1.165) is 17.2 Å². The van der Waals surface area contributed by atoms with Crippen LogP contribution in [0.2, 0.25) is 0 Å². The molecular weight excluding hydrogens is 398 g/mol. The van der Waals surface area contributed by atoms with Crippen molar-refractivity contribution in [2.45, 2.75) is 13.3 Å². The van der Waals surface area contributed by atoms with Crippen molar-refractivity contribution in [3.05, 3.63) is 105 Å². The molecule has 1 amide bonds. The molecule has 0 fully saturated rings. The zero-order valence-electron chi connectivity index (χ0n) is 16.6. The third-order valence-corrected chi connectivity index (χ3v) is 4.27. The third kappa shape index (κ3) is 6.33. The minimum absolute atomic E-state index is 0.0797. The molecule has 0 aromatic heterocycles. The van der Waals surface area contributed by atoms with Crippen LogP contribution >= 0.6 is 0 Å². The number of nitrogens with zero attached hydrogens (tertiary/aromatic N) is 2. The minimum atomic E-state index is -0.700. The largest absolute Gasteiger partial charge is 0.423 e. The molecule has 8 nitrogen and oxygen atoms in total. The number of ether oxygens (including phenoxy) is 1. The van der Waals surface area contributed by atoms with Crippen molar-refractivity contribution in [1.29, 1.82) is 0 Å². The van der Waals surface area contributed by atoms with Crippen molar-refractivity contribution in [3.8, 4) is 5.75 Å². The maximum atomic E-state index is 12.2. The Hall–Kier alpha value is -4.33. The number of hydrogen-bond acceptors (Lipinski definition) is 6. The Morgan fingerprint density at radius 2 is 1.77 bits per heavy atom. The van der Waals surface area contributed by atoms with Gasteiger partial charge in [0.2, 0.25) is 5.91 Å². The SMILES string of the molecule is Cc1ccc(CC(=O)N/N=C\c2ccc(OC(=O)c3cccc([N+](=O)[O-])c3)cc2)cc1. The topological polar surface area (TPSA) is 111 Å². The Labute approximate surface area is 178 Å². The molecule has 0 heterocycles. The quantitative estimate of drug-likeness (QED) is 0.207. The Bertz CT molecular complexity index is 1120. The molecule has 0 saturated heterocycles. The molecule has 0 bridgehead atoms. The number of nitro benzene ring substituents is 1. The van der Waals surface area contributed by atoms with Crippen LogP contribution in [0, 0.1) is 17.0 Å². The Balaban J connectivity index is 1.53. The van der Waals surface area contributed by atoms with Crippen molar-refractivity contribution in [2.75, 3.05) is 0 Å². The van der Waals surface area contributed by atoms with E-state index >= 15 is 0 Å². The van der Waals surface area contributed by atoms with Crippen LogP contribution < -0.4 is 10.2 Å². The molecule has 31 heavy (non-hydrogen) atoms. The van der Waals surface area contributed by atoms with Crippen LogP contribution in [0.3, 0.4) is 0 Å². The van der Waals surface area contributed by atoms with E-state index in [1.807, 2.05) is 31.2 Å². The van der Waals surface area contributed by atoms with E-state index in [2.05, 4.69) is 10.5 Å². The van der Waals surface area contributed by atoms with E-state index in [4.69, 9.17) is 4.74 Å². The molecule has 0 aliphatic carbocycles. The Kier molecular flexibility index (Phi) is 6.85. The van der Waals surface area contributed by atoms with Gasteiger partial charge in [0.15, 0.2) is 0 Å². The number of aryl methyl sites for hydroxylation is 1. The number of carbonyl (C=O) groups is 2. The van der Waals surface area contributed by atoms with Gasteiger partial charge in [-0.3, -0.25) is 14.9 Å². The standard InChI is InChI=1S/C23H19N3O5/c1-16-5-7-17(8-6-16)13-22(27)25-24-15-18-9-11-21(12-10-18)31-23(28)19-3-2-4-20(14-19)26(29)30/h2-12,14-15H,13H2,1H3,(H,25,27)/b24-15-. The summed E-state index contributed by atoms with van der Waals surface area (Å²) in [7, 11) is 0. The second-order valence-electron chi connectivity index (χ2n) is 6.72.